The molecule has 1 amide bonds. The highest BCUT2D eigenvalue weighted by molar-refractivity contribution is 5.94. The van der Waals surface area contributed by atoms with Crippen molar-refractivity contribution >= 4 is 11.7 Å². The predicted octanol–water partition coefficient (Wildman–Crippen LogP) is 1.42. The molecule has 0 spiro atoms. The molecule has 5 heteroatoms. The molecule has 2 rings (SSSR count). The van der Waals surface area contributed by atoms with Gasteiger partial charge in [-0.15, -0.1) is 0 Å². The van der Waals surface area contributed by atoms with Gasteiger partial charge in [-0.05, 0) is 13.3 Å². The molecule has 0 aromatic carbocycles. The van der Waals surface area contributed by atoms with E-state index in [1.807, 2.05) is 6.92 Å². The summed E-state index contributed by atoms with van der Waals surface area (Å²) in [6, 6.07) is 0. The van der Waals surface area contributed by atoms with Crippen LogP contribution in [0.1, 0.15) is 36.0 Å². The van der Waals surface area contributed by atoms with Gasteiger partial charge in [-0.25, -0.2) is 4.98 Å². The van der Waals surface area contributed by atoms with Crippen LogP contribution in [0.2, 0.25) is 0 Å². The Morgan fingerprint density at radius 1 is 1.65 bits per heavy atom. The normalized spacial score (nSPS) is 20.7. The zero-order valence-corrected chi connectivity index (χ0v) is 10.1. The van der Waals surface area contributed by atoms with E-state index in [0.717, 1.165) is 6.42 Å². The smallest absolute Gasteiger partial charge is 0.291 e. The van der Waals surface area contributed by atoms with Crippen LogP contribution in [-0.4, -0.2) is 34.7 Å². The zero-order valence-electron chi connectivity index (χ0n) is 10.1. The van der Waals surface area contributed by atoms with Crippen LogP contribution in [0.15, 0.2) is 10.8 Å². The Balaban J connectivity index is 2.11. The van der Waals surface area contributed by atoms with Crippen LogP contribution in [0.25, 0.3) is 0 Å². The van der Waals surface area contributed by atoms with E-state index < -0.39 is 0 Å². The van der Waals surface area contributed by atoms with Crippen molar-refractivity contribution in [2.45, 2.75) is 26.7 Å². The quantitative estimate of drug-likeness (QED) is 0.779. The third-order valence-electron chi connectivity index (χ3n) is 3.24. The first-order chi connectivity index (χ1) is 8.13. The van der Waals surface area contributed by atoms with Gasteiger partial charge < -0.3 is 9.32 Å². The van der Waals surface area contributed by atoms with Gasteiger partial charge in [0.25, 0.3) is 5.91 Å². The molecule has 1 unspecified atom stereocenters. The molecule has 0 saturated carbocycles. The van der Waals surface area contributed by atoms with Crippen molar-refractivity contribution in [2.24, 2.45) is 5.92 Å². The van der Waals surface area contributed by atoms with E-state index in [1.165, 1.54) is 6.39 Å². The van der Waals surface area contributed by atoms with Crippen LogP contribution in [0.3, 0.4) is 0 Å². The van der Waals surface area contributed by atoms with Crippen molar-refractivity contribution in [2.75, 3.05) is 13.1 Å². The minimum absolute atomic E-state index is 0.0315. The number of carbonyl (C=O) groups excluding carboxylic acids is 2. The number of piperidine rings is 1. The average molecular weight is 236 g/mol. The summed E-state index contributed by atoms with van der Waals surface area (Å²) in [4.78, 5) is 29.3. The van der Waals surface area contributed by atoms with E-state index in [9.17, 15) is 9.59 Å². The van der Waals surface area contributed by atoms with Gasteiger partial charge in [0.15, 0.2) is 6.39 Å². The lowest BCUT2D eigenvalue weighted by Gasteiger charge is -2.30. The van der Waals surface area contributed by atoms with Crippen LogP contribution < -0.4 is 0 Å². The molecular weight excluding hydrogens is 220 g/mol. The number of likely N-dealkylation sites (tertiary alicyclic amines) is 1. The SMILES string of the molecule is CCC1CN(C(=O)c2ocnc2C)CCC1=O. The fourth-order valence-electron chi connectivity index (χ4n) is 2.10. The summed E-state index contributed by atoms with van der Waals surface area (Å²) in [5, 5.41) is 0. The summed E-state index contributed by atoms with van der Waals surface area (Å²) in [7, 11) is 0. The molecule has 1 fully saturated rings. The average Bonchev–Trinajstić information content (AvgIpc) is 2.75. The zero-order chi connectivity index (χ0) is 12.4. The third kappa shape index (κ3) is 2.23. The van der Waals surface area contributed by atoms with E-state index >= 15 is 0 Å². The number of amides is 1. The summed E-state index contributed by atoms with van der Waals surface area (Å²) in [5.41, 5.74) is 0.597. The second kappa shape index (κ2) is 4.69. The summed E-state index contributed by atoms with van der Waals surface area (Å²) in [6.07, 6.45) is 2.49. The molecule has 2 heterocycles. The van der Waals surface area contributed by atoms with Crippen molar-refractivity contribution in [1.29, 1.82) is 0 Å². The summed E-state index contributed by atoms with van der Waals surface area (Å²) in [5.74, 6) is 0.349. The molecule has 0 aliphatic carbocycles. The van der Waals surface area contributed by atoms with E-state index in [0.29, 0.717) is 25.2 Å². The maximum Gasteiger partial charge on any atom is 0.291 e. The Morgan fingerprint density at radius 3 is 3.00 bits per heavy atom. The molecule has 0 bridgehead atoms. The van der Waals surface area contributed by atoms with Crippen LogP contribution in [0, 0.1) is 12.8 Å². The van der Waals surface area contributed by atoms with Gasteiger partial charge in [0.05, 0.1) is 5.69 Å². The van der Waals surface area contributed by atoms with Crippen molar-refractivity contribution in [3.8, 4) is 0 Å². The number of Topliss-reactive ketones (excluding diaryl/α,β-unsaturated/α-hetero) is 1. The maximum absolute atomic E-state index is 12.1. The van der Waals surface area contributed by atoms with Gasteiger partial charge in [-0.3, -0.25) is 9.59 Å². The lowest BCUT2D eigenvalue weighted by atomic mass is 9.94. The number of hydrogen-bond donors (Lipinski definition) is 0. The van der Waals surface area contributed by atoms with Crippen LogP contribution in [0.5, 0.6) is 0 Å². The third-order valence-corrected chi connectivity index (χ3v) is 3.24. The Labute approximate surface area is 99.8 Å². The highest BCUT2D eigenvalue weighted by Crippen LogP contribution is 2.19. The molecule has 92 valence electrons. The molecule has 17 heavy (non-hydrogen) atoms. The minimum Gasteiger partial charge on any atom is -0.438 e. The van der Waals surface area contributed by atoms with Gasteiger partial charge in [-0.1, -0.05) is 6.92 Å². The van der Waals surface area contributed by atoms with Crippen LogP contribution in [0.4, 0.5) is 0 Å². The van der Waals surface area contributed by atoms with Gasteiger partial charge in [-0.2, -0.15) is 0 Å². The molecule has 1 aliphatic heterocycles. The van der Waals surface area contributed by atoms with Crippen molar-refractivity contribution in [3.05, 3.63) is 17.8 Å². The molecule has 1 atom stereocenters. The van der Waals surface area contributed by atoms with E-state index in [-0.39, 0.29) is 23.4 Å². The Bertz CT molecular complexity index is 439. The number of ketones is 1. The molecular formula is C12H16N2O3. The summed E-state index contributed by atoms with van der Waals surface area (Å²) < 4.78 is 5.09. The second-order valence-electron chi connectivity index (χ2n) is 4.34. The van der Waals surface area contributed by atoms with E-state index in [4.69, 9.17) is 4.42 Å². The number of nitrogens with zero attached hydrogens (tertiary/aromatic N) is 2. The van der Waals surface area contributed by atoms with Gasteiger partial charge >= 0.3 is 0 Å². The number of carbonyl (C=O) groups is 2. The topological polar surface area (TPSA) is 63.4 Å². The molecule has 1 aromatic heterocycles. The number of rotatable bonds is 2. The second-order valence-corrected chi connectivity index (χ2v) is 4.34. The predicted molar refractivity (Wildman–Crippen MR) is 60.5 cm³/mol. The van der Waals surface area contributed by atoms with E-state index in [2.05, 4.69) is 4.98 Å². The first-order valence-corrected chi connectivity index (χ1v) is 5.85. The van der Waals surface area contributed by atoms with Gasteiger partial charge in [0.1, 0.15) is 5.78 Å². The number of aromatic nitrogens is 1. The van der Waals surface area contributed by atoms with Crippen molar-refractivity contribution < 1.29 is 14.0 Å². The minimum atomic E-state index is -0.161. The first-order valence-electron chi connectivity index (χ1n) is 5.85. The molecule has 1 aromatic rings. The number of hydrogen-bond acceptors (Lipinski definition) is 4. The lowest BCUT2D eigenvalue weighted by molar-refractivity contribution is -0.125. The van der Waals surface area contributed by atoms with Gasteiger partial charge in [0, 0.05) is 25.4 Å². The monoisotopic (exact) mass is 236 g/mol. The number of oxazole rings is 1. The highest BCUT2D eigenvalue weighted by Gasteiger charge is 2.30. The molecule has 0 N–H and O–H groups in total. The standard InChI is InChI=1S/C12H16N2O3/c1-3-9-6-14(5-4-10(9)15)12(16)11-8(2)13-7-17-11/h7,9H,3-6H2,1-2H3. The number of aryl methyl sites for hydroxylation is 1. The fraction of sp³-hybridized carbons (Fsp3) is 0.583. The van der Waals surface area contributed by atoms with Crippen molar-refractivity contribution in [3.63, 3.8) is 0 Å². The Hall–Kier alpha value is -1.65. The highest BCUT2D eigenvalue weighted by atomic mass is 16.3. The first kappa shape index (κ1) is 11.8. The van der Waals surface area contributed by atoms with Gasteiger partial charge in [0.2, 0.25) is 5.76 Å². The molecule has 5 nitrogen and oxygen atoms in total. The Morgan fingerprint density at radius 2 is 2.41 bits per heavy atom. The Kier molecular flexibility index (Phi) is 3.26. The largest absolute Gasteiger partial charge is 0.438 e. The maximum atomic E-state index is 12.1. The summed E-state index contributed by atoms with van der Waals surface area (Å²) in [6.45, 7) is 4.68. The molecule has 0 radical (unpaired) electrons. The van der Waals surface area contributed by atoms with Crippen LogP contribution in [-0.2, 0) is 4.79 Å². The molecule has 1 saturated heterocycles. The van der Waals surface area contributed by atoms with E-state index in [1.54, 1.807) is 11.8 Å². The molecule has 1 aliphatic rings. The lowest BCUT2D eigenvalue weighted by Crippen LogP contribution is -2.44. The van der Waals surface area contributed by atoms with Crippen molar-refractivity contribution in [1.82, 2.24) is 9.88 Å². The van der Waals surface area contributed by atoms with Crippen LogP contribution >= 0.6 is 0 Å². The fourth-order valence-corrected chi connectivity index (χ4v) is 2.10. The summed E-state index contributed by atoms with van der Waals surface area (Å²) >= 11 is 0.